The number of amides is 3. The number of benzene rings is 2. The van der Waals surface area contributed by atoms with E-state index in [1.165, 1.54) is 41.1 Å². The van der Waals surface area contributed by atoms with Crippen molar-refractivity contribution in [2.45, 2.75) is 77.7 Å². The molecular weight excluding hydrogens is 599 g/mol. The third kappa shape index (κ3) is 9.30. The van der Waals surface area contributed by atoms with Gasteiger partial charge in [0.15, 0.2) is 11.6 Å². The van der Waals surface area contributed by atoms with Gasteiger partial charge in [0.25, 0.3) is 0 Å². The number of hydrogen-bond acceptors (Lipinski definition) is 5. The number of carboxylic acid groups (broad SMARTS) is 1. The number of carbonyl (C=O) groups excluding carboxylic acids is 2. The second kappa shape index (κ2) is 15.9. The maximum Gasteiger partial charge on any atom is 0.320 e. The third-order valence-corrected chi connectivity index (χ3v) is 8.79. The van der Waals surface area contributed by atoms with E-state index in [1.54, 1.807) is 11.0 Å². The van der Waals surface area contributed by atoms with Gasteiger partial charge in [0.05, 0.1) is 19.1 Å². The van der Waals surface area contributed by atoms with Gasteiger partial charge in [-0.2, -0.15) is 0 Å². The maximum atomic E-state index is 15.2. The van der Waals surface area contributed by atoms with Gasteiger partial charge < -0.3 is 25.0 Å². The van der Waals surface area contributed by atoms with Gasteiger partial charge in [-0.15, -0.1) is 0 Å². The van der Waals surface area contributed by atoms with Crippen molar-refractivity contribution in [3.05, 3.63) is 88.5 Å². The van der Waals surface area contributed by atoms with Crippen LogP contribution >= 0.6 is 0 Å². The SMILES string of the molecule is CC(C)CC(=O)Nc1ccc(CCOc2ccc([C@H](CC(=O)O)N3CCN(CCCc4ccc5c(n4)CCCC5)C3=O)cc2F)cc1. The number of fused-ring (bicyclic) bond motifs is 1. The van der Waals surface area contributed by atoms with Gasteiger partial charge in [-0.25, -0.2) is 9.18 Å². The molecule has 2 heterocycles. The van der Waals surface area contributed by atoms with E-state index in [0.29, 0.717) is 38.0 Å². The summed E-state index contributed by atoms with van der Waals surface area (Å²) in [4.78, 5) is 45.3. The number of rotatable bonds is 15. The van der Waals surface area contributed by atoms with E-state index in [4.69, 9.17) is 9.72 Å². The molecule has 5 rings (SSSR count). The van der Waals surface area contributed by atoms with Gasteiger partial charge in [-0.05, 0) is 91.5 Å². The monoisotopic (exact) mass is 644 g/mol. The van der Waals surface area contributed by atoms with Crippen LogP contribution in [-0.4, -0.2) is 64.0 Å². The number of carbonyl (C=O) groups is 3. The molecule has 0 saturated carbocycles. The first kappa shape index (κ1) is 33.9. The predicted molar refractivity (Wildman–Crippen MR) is 178 cm³/mol. The quantitative estimate of drug-likeness (QED) is 0.193. The van der Waals surface area contributed by atoms with Crippen LogP contribution in [0.3, 0.4) is 0 Å². The number of urea groups is 1. The largest absolute Gasteiger partial charge is 0.490 e. The highest BCUT2D eigenvalue weighted by Crippen LogP contribution is 2.31. The lowest BCUT2D eigenvalue weighted by Gasteiger charge is -2.27. The number of nitrogens with one attached hydrogen (secondary N) is 1. The standard InChI is InChI=1S/C37H45FN4O5/c1-25(2)22-35(43)40-30-13-9-26(10-14-30)17-21-47-34-16-12-28(23-31(34)38)33(24-36(44)45)42-20-19-41(37(42)46)18-5-7-29-15-11-27-6-3-4-8-32(27)39-29/h9-16,23,25,33H,3-8,17-22,24H2,1-2H3,(H,40,43)(H,44,45)/t33-/m0/s1. The normalized spacial score (nSPS) is 15.1. The average Bonchev–Trinajstić information content (AvgIpc) is 3.40. The summed E-state index contributed by atoms with van der Waals surface area (Å²) >= 11 is 0. The number of pyridine rings is 1. The Bertz CT molecular complexity index is 1560. The van der Waals surface area contributed by atoms with E-state index >= 15 is 4.39 Å². The van der Waals surface area contributed by atoms with Crippen LogP contribution < -0.4 is 10.1 Å². The van der Waals surface area contributed by atoms with Crippen LogP contribution in [0.25, 0.3) is 0 Å². The molecule has 1 aliphatic heterocycles. The molecule has 1 atom stereocenters. The van der Waals surface area contributed by atoms with Crippen molar-refractivity contribution >= 4 is 23.6 Å². The molecule has 2 aromatic carbocycles. The van der Waals surface area contributed by atoms with E-state index < -0.39 is 17.8 Å². The number of carboxylic acids is 1. The summed E-state index contributed by atoms with van der Waals surface area (Å²) < 4.78 is 20.9. The van der Waals surface area contributed by atoms with Crippen molar-refractivity contribution < 1.29 is 28.6 Å². The molecule has 2 aliphatic rings. The minimum atomic E-state index is -1.06. The second-order valence-corrected chi connectivity index (χ2v) is 12.9. The van der Waals surface area contributed by atoms with Crippen LogP contribution in [0.4, 0.5) is 14.9 Å². The van der Waals surface area contributed by atoms with Crippen molar-refractivity contribution in [3.8, 4) is 5.75 Å². The zero-order valence-corrected chi connectivity index (χ0v) is 27.3. The Morgan fingerprint density at radius 3 is 2.53 bits per heavy atom. The lowest BCUT2D eigenvalue weighted by molar-refractivity contribution is -0.138. The van der Waals surface area contributed by atoms with Crippen molar-refractivity contribution in [3.63, 3.8) is 0 Å². The van der Waals surface area contributed by atoms with Crippen molar-refractivity contribution in [2.24, 2.45) is 5.92 Å². The van der Waals surface area contributed by atoms with E-state index in [9.17, 15) is 19.5 Å². The first-order valence-corrected chi connectivity index (χ1v) is 16.7. The lowest BCUT2D eigenvalue weighted by atomic mass is 9.95. The average molecular weight is 645 g/mol. The van der Waals surface area contributed by atoms with E-state index in [2.05, 4.69) is 17.4 Å². The number of aryl methyl sites for hydroxylation is 3. The fourth-order valence-electron chi connectivity index (χ4n) is 6.35. The molecule has 3 aromatic rings. The van der Waals surface area contributed by atoms with Gasteiger partial charge in [0.1, 0.15) is 0 Å². The Balaban J connectivity index is 1.13. The Morgan fingerprint density at radius 2 is 1.79 bits per heavy atom. The van der Waals surface area contributed by atoms with Crippen LogP contribution in [-0.2, 0) is 35.3 Å². The first-order valence-electron chi connectivity index (χ1n) is 16.7. The van der Waals surface area contributed by atoms with Crippen LogP contribution in [0.1, 0.15) is 80.1 Å². The second-order valence-electron chi connectivity index (χ2n) is 12.9. The molecule has 9 nitrogen and oxygen atoms in total. The molecule has 10 heteroatoms. The van der Waals surface area contributed by atoms with Crippen LogP contribution in [0.2, 0.25) is 0 Å². The van der Waals surface area contributed by atoms with E-state index in [0.717, 1.165) is 42.6 Å². The Hall–Kier alpha value is -4.47. The van der Waals surface area contributed by atoms with Gasteiger partial charge in [0.2, 0.25) is 5.91 Å². The number of aliphatic carboxylic acids is 1. The zero-order chi connectivity index (χ0) is 33.3. The molecule has 0 spiro atoms. The number of ether oxygens (including phenoxy) is 1. The van der Waals surface area contributed by atoms with Crippen molar-refractivity contribution in [2.75, 3.05) is 31.6 Å². The van der Waals surface area contributed by atoms with Crippen LogP contribution in [0.5, 0.6) is 5.75 Å². The van der Waals surface area contributed by atoms with Gasteiger partial charge in [-0.3, -0.25) is 14.6 Å². The molecular formula is C37H45FN4O5. The molecule has 250 valence electrons. The Kier molecular flexibility index (Phi) is 11.5. The molecule has 1 aliphatic carbocycles. The van der Waals surface area contributed by atoms with Gasteiger partial charge in [-0.1, -0.05) is 38.1 Å². The number of anilines is 1. The Labute approximate surface area is 276 Å². The molecule has 0 unspecified atom stereocenters. The minimum absolute atomic E-state index is 0.0268. The number of nitrogens with zero attached hydrogens (tertiary/aromatic N) is 3. The summed E-state index contributed by atoms with van der Waals surface area (Å²) in [5.74, 6) is -1.36. The summed E-state index contributed by atoms with van der Waals surface area (Å²) in [6.07, 6.45) is 6.70. The molecule has 1 aromatic heterocycles. The number of halogens is 1. The van der Waals surface area contributed by atoms with Gasteiger partial charge in [0, 0.05) is 49.6 Å². The molecule has 3 amide bonds. The van der Waals surface area contributed by atoms with Crippen LogP contribution in [0.15, 0.2) is 54.6 Å². The summed E-state index contributed by atoms with van der Waals surface area (Å²) in [6.45, 7) is 5.62. The topological polar surface area (TPSA) is 112 Å². The molecule has 47 heavy (non-hydrogen) atoms. The van der Waals surface area contributed by atoms with Crippen LogP contribution in [0, 0.1) is 11.7 Å². The highest BCUT2D eigenvalue weighted by atomic mass is 19.1. The van der Waals surface area contributed by atoms with Crippen molar-refractivity contribution in [1.29, 1.82) is 0 Å². The molecule has 1 fully saturated rings. The molecule has 0 radical (unpaired) electrons. The van der Waals surface area contributed by atoms with E-state index in [1.807, 2.05) is 38.1 Å². The molecule has 0 bridgehead atoms. The number of aromatic nitrogens is 1. The smallest absolute Gasteiger partial charge is 0.320 e. The highest BCUT2D eigenvalue weighted by Gasteiger charge is 2.35. The summed E-state index contributed by atoms with van der Waals surface area (Å²) in [5, 5.41) is 12.5. The number of hydrogen-bond donors (Lipinski definition) is 2. The lowest BCUT2D eigenvalue weighted by Crippen LogP contribution is -2.36. The summed E-state index contributed by atoms with van der Waals surface area (Å²) in [7, 11) is 0. The van der Waals surface area contributed by atoms with Gasteiger partial charge >= 0.3 is 12.0 Å². The maximum absolute atomic E-state index is 15.2. The fourth-order valence-corrected chi connectivity index (χ4v) is 6.35. The highest BCUT2D eigenvalue weighted by molar-refractivity contribution is 5.90. The Morgan fingerprint density at radius 1 is 1.00 bits per heavy atom. The van der Waals surface area contributed by atoms with Crippen molar-refractivity contribution in [1.82, 2.24) is 14.8 Å². The summed E-state index contributed by atoms with van der Waals surface area (Å²) in [5.41, 5.74) is 5.70. The fraction of sp³-hybridized carbons (Fsp3) is 0.459. The minimum Gasteiger partial charge on any atom is -0.490 e. The molecule has 1 saturated heterocycles. The predicted octanol–water partition coefficient (Wildman–Crippen LogP) is 6.59. The first-order chi connectivity index (χ1) is 22.7. The third-order valence-electron chi connectivity index (χ3n) is 8.79. The summed E-state index contributed by atoms with van der Waals surface area (Å²) in [6, 6.07) is 15.1. The zero-order valence-electron chi connectivity index (χ0n) is 27.3. The molecule has 2 N–H and O–H groups in total. The van der Waals surface area contributed by atoms with E-state index in [-0.39, 0.29) is 36.6 Å².